The van der Waals surface area contributed by atoms with E-state index in [2.05, 4.69) is 21.2 Å². The van der Waals surface area contributed by atoms with Gasteiger partial charge in [-0.05, 0) is 53.2 Å². The highest BCUT2D eigenvalue weighted by atomic mass is 79.9. The van der Waals surface area contributed by atoms with Crippen molar-refractivity contribution < 1.29 is 23.5 Å². The lowest BCUT2D eigenvalue weighted by Crippen LogP contribution is -2.10. The van der Waals surface area contributed by atoms with Crippen molar-refractivity contribution in [2.75, 3.05) is 19.0 Å². The number of methoxy groups -OCH3 is 1. The number of fused-ring (bicyclic) bond motifs is 1. The number of amides is 1. The zero-order valence-electron chi connectivity index (χ0n) is 13.4. The monoisotopic (exact) mass is 423 g/mol. The molecule has 25 heavy (non-hydrogen) atoms. The van der Waals surface area contributed by atoms with E-state index in [4.69, 9.17) is 13.9 Å². The molecule has 3 aromatic rings. The molecule has 0 unspecified atom stereocenters. The van der Waals surface area contributed by atoms with Crippen molar-refractivity contribution in [2.24, 2.45) is 0 Å². The molecule has 1 aromatic carbocycles. The summed E-state index contributed by atoms with van der Waals surface area (Å²) in [7, 11) is 1.33. The minimum atomic E-state index is -0.448. The zero-order valence-corrected chi connectivity index (χ0v) is 15.8. The third kappa shape index (κ3) is 3.54. The molecule has 1 amide bonds. The summed E-state index contributed by atoms with van der Waals surface area (Å²) in [5, 5.41) is 3.51. The molecule has 130 valence electrons. The van der Waals surface area contributed by atoms with Crippen molar-refractivity contribution in [3.63, 3.8) is 0 Å². The first-order valence-electron chi connectivity index (χ1n) is 7.37. The van der Waals surface area contributed by atoms with Crippen molar-refractivity contribution in [2.45, 2.75) is 6.92 Å². The van der Waals surface area contributed by atoms with E-state index in [1.807, 2.05) is 13.0 Å². The smallest absolute Gasteiger partial charge is 0.351 e. The van der Waals surface area contributed by atoms with Gasteiger partial charge in [0.25, 0.3) is 5.91 Å². The third-order valence-corrected chi connectivity index (χ3v) is 4.92. The van der Waals surface area contributed by atoms with Crippen LogP contribution in [-0.2, 0) is 4.74 Å². The Morgan fingerprint density at radius 2 is 2.08 bits per heavy atom. The predicted molar refractivity (Wildman–Crippen MR) is 98.7 cm³/mol. The van der Waals surface area contributed by atoms with Crippen LogP contribution in [0.2, 0.25) is 0 Å². The summed E-state index contributed by atoms with van der Waals surface area (Å²) in [5.74, 6) is -0.161. The Bertz CT molecular complexity index is 946. The number of thiophene rings is 1. The summed E-state index contributed by atoms with van der Waals surface area (Å²) in [4.78, 5) is 24.6. The molecule has 6 nitrogen and oxygen atoms in total. The first-order valence-corrected chi connectivity index (χ1v) is 8.98. The van der Waals surface area contributed by atoms with E-state index < -0.39 is 5.97 Å². The molecule has 0 spiro atoms. The van der Waals surface area contributed by atoms with Crippen molar-refractivity contribution in [1.82, 2.24) is 0 Å². The topological polar surface area (TPSA) is 77.8 Å². The van der Waals surface area contributed by atoms with E-state index in [1.165, 1.54) is 18.4 Å². The number of nitrogens with one attached hydrogen (secondary N) is 1. The van der Waals surface area contributed by atoms with Gasteiger partial charge in [0.15, 0.2) is 21.1 Å². The molecule has 8 heteroatoms. The van der Waals surface area contributed by atoms with E-state index in [0.717, 1.165) is 10.1 Å². The molecule has 1 N–H and O–H groups in total. The SMILES string of the molecule is CCOc1c(C(=O)OC)sc2ccc(NC(=O)c3ccc(Br)o3)cc12. The van der Waals surface area contributed by atoms with Crippen LogP contribution in [0.15, 0.2) is 39.4 Å². The number of furan rings is 1. The van der Waals surface area contributed by atoms with Crippen LogP contribution in [-0.4, -0.2) is 25.6 Å². The van der Waals surface area contributed by atoms with Crippen LogP contribution < -0.4 is 10.1 Å². The molecule has 0 bridgehead atoms. The molecule has 3 rings (SSSR count). The fourth-order valence-electron chi connectivity index (χ4n) is 2.30. The highest BCUT2D eigenvalue weighted by molar-refractivity contribution is 9.10. The number of hydrogen-bond acceptors (Lipinski definition) is 6. The molecule has 0 aliphatic heterocycles. The highest BCUT2D eigenvalue weighted by Gasteiger charge is 2.21. The Kier molecular flexibility index (Phi) is 5.10. The first kappa shape index (κ1) is 17.5. The highest BCUT2D eigenvalue weighted by Crippen LogP contribution is 2.39. The number of hydrogen-bond donors (Lipinski definition) is 1. The molecular formula is C17H14BrNO5S. The molecule has 0 radical (unpaired) electrons. The van der Waals surface area contributed by atoms with Crippen molar-refractivity contribution in [3.8, 4) is 5.75 Å². The fourth-order valence-corrected chi connectivity index (χ4v) is 3.65. The number of esters is 1. The maximum atomic E-state index is 12.2. The minimum Gasteiger partial charge on any atom is -0.491 e. The summed E-state index contributed by atoms with van der Waals surface area (Å²) in [6, 6.07) is 8.56. The van der Waals surface area contributed by atoms with Gasteiger partial charge >= 0.3 is 5.97 Å². The number of benzene rings is 1. The van der Waals surface area contributed by atoms with Crippen LogP contribution in [0.25, 0.3) is 10.1 Å². The van der Waals surface area contributed by atoms with Crippen LogP contribution in [0, 0.1) is 0 Å². The van der Waals surface area contributed by atoms with Crippen molar-refractivity contribution >= 4 is 54.9 Å². The van der Waals surface area contributed by atoms with Gasteiger partial charge in [0.05, 0.1) is 13.7 Å². The van der Waals surface area contributed by atoms with Gasteiger partial charge in [-0.1, -0.05) is 0 Å². The van der Waals surface area contributed by atoms with E-state index in [-0.39, 0.29) is 11.7 Å². The van der Waals surface area contributed by atoms with E-state index >= 15 is 0 Å². The second-order valence-electron chi connectivity index (χ2n) is 4.95. The molecule has 0 aliphatic carbocycles. The van der Waals surface area contributed by atoms with Gasteiger partial charge in [-0.3, -0.25) is 4.79 Å². The maximum Gasteiger partial charge on any atom is 0.351 e. The summed E-state index contributed by atoms with van der Waals surface area (Å²) in [6.07, 6.45) is 0. The lowest BCUT2D eigenvalue weighted by atomic mass is 10.2. The minimum absolute atomic E-state index is 0.192. The average Bonchev–Trinajstić information content (AvgIpc) is 3.19. The number of carbonyl (C=O) groups is 2. The quantitative estimate of drug-likeness (QED) is 0.601. The van der Waals surface area contributed by atoms with Crippen LogP contribution in [0.5, 0.6) is 5.75 Å². The summed E-state index contributed by atoms with van der Waals surface area (Å²) in [5.41, 5.74) is 0.570. The first-order chi connectivity index (χ1) is 12.0. The van der Waals surface area contributed by atoms with Gasteiger partial charge in [0, 0.05) is 15.8 Å². The van der Waals surface area contributed by atoms with Crippen LogP contribution in [0.3, 0.4) is 0 Å². The van der Waals surface area contributed by atoms with Gasteiger partial charge in [-0.25, -0.2) is 4.79 Å². The van der Waals surface area contributed by atoms with E-state index in [0.29, 0.717) is 27.6 Å². The van der Waals surface area contributed by atoms with E-state index in [9.17, 15) is 9.59 Å². The number of rotatable bonds is 5. The fraction of sp³-hybridized carbons (Fsp3) is 0.176. The standard InChI is InChI=1S/C17H14BrNO5S/c1-3-23-14-10-8-9(19-16(20)11-5-7-13(18)24-11)4-6-12(10)25-15(14)17(21)22-2/h4-8H,3H2,1-2H3,(H,19,20). The molecular weight excluding hydrogens is 410 g/mol. The molecule has 2 aromatic heterocycles. The summed E-state index contributed by atoms with van der Waals surface area (Å²) in [6.45, 7) is 2.25. The lowest BCUT2D eigenvalue weighted by Gasteiger charge is -2.06. The van der Waals surface area contributed by atoms with E-state index in [1.54, 1.807) is 24.3 Å². The maximum absolute atomic E-state index is 12.2. The second kappa shape index (κ2) is 7.28. The Labute approximate surface area is 155 Å². The molecule has 0 saturated carbocycles. The molecule has 2 heterocycles. The normalized spacial score (nSPS) is 10.7. The van der Waals surface area contributed by atoms with Crippen LogP contribution in [0.1, 0.15) is 27.2 Å². The van der Waals surface area contributed by atoms with Gasteiger partial charge in [-0.15, -0.1) is 11.3 Å². The number of carbonyl (C=O) groups excluding carboxylic acids is 2. The Hall–Kier alpha value is -2.32. The molecule has 0 saturated heterocycles. The van der Waals surface area contributed by atoms with Crippen molar-refractivity contribution in [1.29, 1.82) is 0 Å². The van der Waals surface area contributed by atoms with Gasteiger partial charge in [-0.2, -0.15) is 0 Å². The summed E-state index contributed by atoms with van der Waals surface area (Å²) >= 11 is 4.45. The zero-order chi connectivity index (χ0) is 18.0. The number of halogens is 1. The summed E-state index contributed by atoms with van der Waals surface area (Å²) < 4.78 is 17.0. The molecule has 0 aliphatic rings. The average molecular weight is 424 g/mol. The Balaban J connectivity index is 1.96. The lowest BCUT2D eigenvalue weighted by molar-refractivity contribution is 0.0602. The number of anilines is 1. The van der Waals surface area contributed by atoms with Crippen molar-refractivity contribution in [3.05, 3.63) is 45.6 Å². The largest absolute Gasteiger partial charge is 0.491 e. The Morgan fingerprint density at radius 3 is 2.72 bits per heavy atom. The molecule has 0 atom stereocenters. The Morgan fingerprint density at radius 1 is 1.28 bits per heavy atom. The van der Waals surface area contributed by atoms with Gasteiger partial charge < -0.3 is 19.2 Å². The van der Waals surface area contributed by atoms with Crippen LogP contribution in [0.4, 0.5) is 5.69 Å². The van der Waals surface area contributed by atoms with Gasteiger partial charge in [0.1, 0.15) is 0 Å². The number of ether oxygens (including phenoxy) is 2. The second-order valence-corrected chi connectivity index (χ2v) is 6.79. The predicted octanol–water partition coefficient (Wildman–Crippen LogP) is 4.69. The molecule has 0 fully saturated rings. The third-order valence-electron chi connectivity index (χ3n) is 3.36. The van der Waals surface area contributed by atoms with Gasteiger partial charge in [0.2, 0.25) is 0 Å². The van der Waals surface area contributed by atoms with Crippen LogP contribution >= 0.6 is 27.3 Å².